The van der Waals surface area contributed by atoms with Gasteiger partial charge in [0.25, 0.3) is 0 Å². The van der Waals surface area contributed by atoms with Crippen LogP contribution in [-0.4, -0.2) is 85.7 Å². The molecule has 10 aliphatic carbocycles. The number of hydrogen-bond acceptors (Lipinski definition) is 12. The largest absolute Gasteiger partial charge is 0.504 e. The highest BCUT2D eigenvalue weighted by molar-refractivity contribution is 6.18. The number of rotatable bonds is 8. The summed E-state index contributed by atoms with van der Waals surface area (Å²) in [5, 5.41) is 81.3. The van der Waals surface area contributed by atoms with Crippen molar-refractivity contribution >= 4 is 28.7 Å². The summed E-state index contributed by atoms with van der Waals surface area (Å²) in [6.45, 7) is 27.8. The molecule has 13 heteroatoms. The van der Waals surface area contributed by atoms with Gasteiger partial charge in [-0.25, -0.2) is 9.59 Å². The lowest BCUT2D eigenvalue weighted by Crippen LogP contribution is -2.66. The standard InChI is InChI=1S/C78H104O13/c1-67(2)27-29-75(40-79)30-33-77(46(48(75)38-67)14-17-56-71(9)23-21-58(83)69(5,6)54(71)19-25-73(56,77)11)42-90-65(86)62-45(35-43-13-16-50(80)63-60(43)61(62)44-36-51(81)52(82)37-53(44)91-63)64(85)89-41-78-34-32-76(66(87)88)31-28-68(3,4)39-49(76)47(78)15-18-57-72(10)24-22-59(84)70(7,8)55(72)20-26-74(57,78)12/h13-16,35-37,48-49,54-59,79-84H,17-34,38-42H2,1-12H3,(H,87,88)/t48?,49?,54?,55?,56?,57?,58-,59-,71-,72-,73+,74+,75+,76-,77-,78-/m0/s1. The van der Waals surface area contributed by atoms with E-state index in [2.05, 4.69) is 95.2 Å². The van der Waals surface area contributed by atoms with E-state index in [1.807, 2.05) is 0 Å². The molecular formula is C78H104O13. The molecule has 6 unspecified atom stereocenters. The van der Waals surface area contributed by atoms with Crippen LogP contribution in [0.25, 0.3) is 21.9 Å². The predicted molar refractivity (Wildman–Crippen MR) is 348 cm³/mol. The maximum absolute atomic E-state index is 16.6. The van der Waals surface area contributed by atoms with Crippen LogP contribution >= 0.6 is 0 Å². The first-order valence-corrected chi connectivity index (χ1v) is 35.1. The maximum atomic E-state index is 16.6. The Morgan fingerprint density at radius 3 is 1.64 bits per heavy atom. The summed E-state index contributed by atoms with van der Waals surface area (Å²) in [5.74, 6) is -2.92. The van der Waals surface area contributed by atoms with E-state index in [4.69, 9.17) is 14.2 Å². The topological polar surface area (TPSA) is 221 Å². The van der Waals surface area contributed by atoms with E-state index in [1.165, 1.54) is 23.8 Å². The molecule has 8 fully saturated rings. The number of fused-ring (bicyclic) bond motifs is 16. The normalized spacial score (nSPS) is 41.6. The third-order valence-corrected chi connectivity index (χ3v) is 30.6. The van der Waals surface area contributed by atoms with Crippen molar-refractivity contribution in [3.8, 4) is 39.9 Å². The Morgan fingerprint density at radius 2 is 1.07 bits per heavy atom. The number of carbonyl (C=O) groups excluding carboxylic acids is 2. The number of aromatic hydroxyl groups is 3. The highest BCUT2D eigenvalue weighted by atomic mass is 16.5. The van der Waals surface area contributed by atoms with E-state index in [0.29, 0.717) is 55.7 Å². The second-order valence-electron chi connectivity index (χ2n) is 35.9. The maximum Gasteiger partial charge on any atom is 0.339 e. The molecule has 91 heavy (non-hydrogen) atoms. The van der Waals surface area contributed by atoms with Crippen LogP contribution in [0, 0.1) is 100 Å². The van der Waals surface area contributed by atoms with Crippen LogP contribution in [0.4, 0.5) is 0 Å². The van der Waals surface area contributed by atoms with Gasteiger partial charge in [-0.1, -0.05) is 112 Å². The van der Waals surface area contributed by atoms with Crippen LogP contribution in [0.1, 0.15) is 232 Å². The summed E-state index contributed by atoms with van der Waals surface area (Å²) < 4.78 is 20.7. The lowest BCUT2D eigenvalue weighted by Gasteiger charge is -2.71. The van der Waals surface area contributed by atoms with E-state index >= 15 is 9.59 Å². The van der Waals surface area contributed by atoms with E-state index in [-0.39, 0.29) is 138 Å². The molecule has 0 aromatic heterocycles. The van der Waals surface area contributed by atoms with E-state index in [9.17, 15) is 40.5 Å². The van der Waals surface area contributed by atoms with Gasteiger partial charge in [-0.3, -0.25) is 4.79 Å². The summed E-state index contributed by atoms with van der Waals surface area (Å²) in [5.41, 5.74) is -2.15. The van der Waals surface area contributed by atoms with Gasteiger partial charge in [0.2, 0.25) is 0 Å². The number of carbonyl (C=O) groups is 3. The molecule has 1 heterocycles. The van der Waals surface area contributed by atoms with Crippen molar-refractivity contribution in [2.45, 2.75) is 224 Å². The third kappa shape index (κ3) is 8.44. The number of phenolic OH excluding ortho intramolecular Hbond substituents is 3. The molecule has 3 aromatic carbocycles. The number of aliphatic hydroxyl groups excluding tert-OH is 3. The second kappa shape index (κ2) is 20.2. The Labute approximate surface area is 539 Å². The molecule has 494 valence electrons. The fourth-order valence-electron chi connectivity index (χ4n) is 25.1. The number of hydrogen-bond donors (Lipinski definition) is 7. The molecule has 0 saturated heterocycles. The number of allylic oxidation sites excluding steroid dienone is 2. The Bertz CT molecular complexity index is 3640. The molecule has 16 atom stereocenters. The van der Waals surface area contributed by atoms with E-state index in [1.54, 1.807) is 12.1 Å². The number of phenols is 3. The minimum atomic E-state index is -0.978. The van der Waals surface area contributed by atoms with Crippen molar-refractivity contribution in [1.82, 2.24) is 0 Å². The molecule has 14 rings (SSSR count). The zero-order chi connectivity index (χ0) is 65.2. The van der Waals surface area contributed by atoms with E-state index in [0.717, 1.165) is 89.0 Å². The molecule has 7 N–H and O–H groups in total. The summed E-state index contributed by atoms with van der Waals surface area (Å²) in [6, 6.07) is 7.36. The van der Waals surface area contributed by atoms with Gasteiger partial charge in [-0.05, 0) is 231 Å². The summed E-state index contributed by atoms with van der Waals surface area (Å²) in [6.07, 6.45) is 19.3. The zero-order valence-corrected chi connectivity index (χ0v) is 56.5. The monoisotopic (exact) mass is 1250 g/mol. The number of carboxylic acid groups (broad SMARTS) is 1. The van der Waals surface area contributed by atoms with Gasteiger partial charge in [-0.15, -0.1) is 0 Å². The Hall–Kier alpha value is -5.11. The first-order chi connectivity index (χ1) is 42.6. The van der Waals surface area contributed by atoms with Crippen molar-refractivity contribution in [3.05, 3.63) is 64.8 Å². The summed E-state index contributed by atoms with van der Waals surface area (Å²) in [4.78, 5) is 46.9. The Kier molecular flexibility index (Phi) is 14.1. The molecule has 11 aliphatic rings. The molecule has 1 aliphatic heterocycles. The smallest absolute Gasteiger partial charge is 0.339 e. The SMILES string of the molecule is CC1(C)CC[C@]2(CO)CC[C@]3(COC(=O)c4c(C(=O)OC[C@@]56CC[C@@]7(C(=O)O)CCC(C)(C)CC7C5=CCC5[C@@]7(C)CC[C@H](O)C(C)(C)C7CC[C@]56C)cc5ccc(O)c6c5c4-c4cc(O)c(O)cc4O6)C(=CCC4[C@@]5(C)CC[C@H](O)C(C)(C)C5CC[C@]43C)C2C1. The molecule has 0 amide bonds. The van der Waals surface area contributed by atoms with Gasteiger partial charge in [0.1, 0.15) is 19.0 Å². The highest BCUT2D eigenvalue weighted by Gasteiger charge is 2.73. The first kappa shape index (κ1) is 63.3. The van der Waals surface area contributed by atoms with Gasteiger partial charge >= 0.3 is 17.9 Å². The Balaban J connectivity index is 0.912. The van der Waals surface area contributed by atoms with Crippen molar-refractivity contribution in [2.75, 3.05) is 19.8 Å². The van der Waals surface area contributed by atoms with Crippen molar-refractivity contribution in [1.29, 1.82) is 0 Å². The van der Waals surface area contributed by atoms with Crippen LogP contribution in [0.5, 0.6) is 28.7 Å². The number of carboxylic acids is 1. The third-order valence-electron chi connectivity index (χ3n) is 30.6. The van der Waals surface area contributed by atoms with Crippen LogP contribution in [0.15, 0.2) is 53.6 Å². The van der Waals surface area contributed by atoms with Crippen LogP contribution in [0.3, 0.4) is 0 Å². The molecule has 0 spiro atoms. The summed E-state index contributed by atoms with van der Waals surface area (Å²) >= 11 is 0. The first-order valence-electron chi connectivity index (χ1n) is 35.1. The number of aliphatic carboxylic acids is 1. The highest BCUT2D eigenvalue weighted by Crippen LogP contribution is 2.79. The number of esters is 2. The van der Waals surface area contributed by atoms with Crippen molar-refractivity contribution in [2.24, 2.45) is 100 Å². The van der Waals surface area contributed by atoms with Gasteiger partial charge in [0.05, 0.1) is 28.7 Å². The molecule has 0 radical (unpaired) electrons. The van der Waals surface area contributed by atoms with Gasteiger partial charge in [0, 0.05) is 45.4 Å². The fraction of sp³-hybridized carbons (Fsp3) is 0.705. The summed E-state index contributed by atoms with van der Waals surface area (Å²) in [7, 11) is 0. The van der Waals surface area contributed by atoms with Crippen molar-refractivity contribution in [3.63, 3.8) is 0 Å². The lowest BCUT2D eigenvalue weighted by atomic mass is 9.33. The molecular weight excluding hydrogens is 1140 g/mol. The average molecular weight is 1250 g/mol. The number of ether oxygens (including phenoxy) is 3. The predicted octanol–water partition coefficient (Wildman–Crippen LogP) is 16.4. The average Bonchev–Trinajstić information content (AvgIpc) is 0.681. The van der Waals surface area contributed by atoms with Crippen LogP contribution in [-0.2, 0) is 14.3 Å². The van der Waals surface area contributed by atoms with Gasteiger partial charge in [0.15, 0.2) is 23.0 Å². The minimum Gasteiger partial charge on any atom is -0.504 e. The second-order valence-corrected chi connectivity index (χ2v) is 35.9. The number of aliphatic hydroxyl groups is 3. The van der Waals surface area contributed by atoms with Gasteiger partial charge < -0.3 is 50.0 Å². The van der Waals surface area contributed by atoms with Gasteiger partial charge in [-0.2, -0.15) is 0 Å². The lowest BCUT2D eigenvalue weighted by molar-refractivity contribution is -0.214. The molecule has 8 saturated carbocycles. The molecule has 13 nitrogen and oxygen atoms in total. The van der Waals surface area contributed by atoms with Crippen LogP contribution in [0.2, 0.25) is 0 Å². The quantitative estimate of drug-likeness (QED) is 0.0496. The molecule has 3 aromatic rings. The van der Waals surface area contributed by atoms with Crippen molar-refractivity contribution < 1.29 is 64.3 Å². The van der Waals surface area contributed by atoms with Crippen LogP contribution < -0.4 is 4.74 Å². The van der Waals surface area contributed by atoms with E-state index < -0.39 is 63.3 Å². The fourth-order valence-corrected chi connectivity index (χ4v) is 25.1. The Morgan fingerprint density at radius 1 is 0.560 bits per heavy atom. The molecule has 0 bridgehead atoms. The zero-order valence-electron chi connectivity index (χ0n) is 56.5. The number of benzene rings is 3. The minimum absolute atomic E-state index is 0.000405.